The van der Waals surface area contributed by atoms with Gasteiger partial charge in [-0.3, -0.25) is 4.90 Å². The first-order valence-corrected chi connectivity index (χ1v) is 7.22. The third-order valence-corrected chi connectivity index (χ3v) is 3.52. The number of esters is 1. The lowest BCUT2D eigenvalue weighted by Crippen LogP contribution is -2.37. The Morgan fingerprint density at radius 2 is 2.19 bits per heavy atom. The van der Waals surface area contributed by atoms with Crippen LogP contribution in [0.25, 0.3) is 0 Å². The van der Waals surface area contributed by atoms with Gasteiger partial charge in [-0.05, 0) is 31.2 Å². The molecule has 21 heavy (non-hydrogen) atoms. The molecule has 1 heterocycles. The Balaban J connectivity index is 1.83. The van der Waals surface area contributed by atoms with Gasteiger partial charge in [-0.1, -0.05) is 0 Å². The highest BCUT2D eigenvalue weighted by Crippen LogP contribution is 2.19. The average Bonchev–Trinajstić information content (AvgIpc) is 2.53. The molecular weight excluding hydrogens is 270 g/mol. The van der Waals surface area contributed by atoms with E-state index in [1.165, 1.54) is 7.11 Å². The van der Waals surface area contributed by atoms with Gasteiger partial charge < -0.3 is 20.5 Å². The summed E-state index contributed by atoms with van der Waals surface area (Å²) < 4.78 is 10.1. The molecule has 0 bridgehead atoms. The molecule has 1 aliphatic heterocycles. The fraction of sp³-hybridized carbons (Fsp3) is 0.533. The lowest BCUT2D eigenvalue weighted by Gasteiger charge is -2.26. The van der Waals surface area contributed by atoms with Crippen molar-refractivity contribution in [3.05, 3.63) is 23.8 Å². The molecule has 3 N–H and O–H groups in total. The summed E-state index contributed by atoms with van der Waals surface area (Å²) in [6.45, 7) is 5.45. The number of nitrogens with zero attached hydrogens (tertiary/aromatic N) is 1. The third-order valence-electron chi connectivity index (χ3n) is 3.52. The molecule has 0 aliphatic carbocycles. The molecule has 6 heteroatoms. The number of carbonyl (C=O) groups excluding carboxylic acids is 1. The largest absolute Gasteiger partial charge is 0.465 e. The highest BCUT2D eigenvalue weighted by Gasteiger charge is 2.13. The maximum atomic E-state index is 11.7. The Hall–Kier alpha value is -1.79. The number of hydrogen-bond acceptors (Lipinski definition) is 6. The van der Waals surface area contributed by atoms with E-state index in [-0.39, 0.29) is 5.97 Å². The summed E-state index contributed by atoms with van der Waals surface area (Å²) in [4.78, 5) is 14.1. The maximum absolute atomic E-state index is 11.7. The monoisotopic (exact) mass is 293 g/mol. The number of benzene rings is 1. The van der Waals surface area contributed by atoms with Crippen molar-refractivity contribution >= 4 is 17.3 Å². The van der Waals surface area contributed by atoms with Gasteiger partial charge in [-0.25, -0.2) is 4.79 Å². The van der Waals surface area contributed by atoms with E-state index in [0.717, 1.165) is 51.5 Å². The fourth-order valence-corrected chi connectivity index (χ4v) is 2.35. The van der Waals surface area contributed by atoms with Crippen LogP contribution >= 0.6 is 0 Å². The zero-order chi connectivity index (χ0) is 15.1. The van der Waals surface area contributed by atoms with Crippen LogP contribution in [0.1, 0.15) is 16.8 Å². The van der Waals surface area contributed by atoms with Gasteiger partial charge in [0.25, 0.3) is 0 Å². The maximum Gasteiger partial charge on any atom is 0.340 e. The smallest absolute Gasteiger partial charge is 0.340 e. The Morgan fingerprint density at radius 3 is 2.90 bits per heavy atom. The van der Waals surface area contributed by atoms with Gasteiger partial charge in [0.1, 0.15) is 0 Å². The van der Waals surface area contributed by atoms with E-state index in [4.69, 9.17) is 15.2 Å². The number of nitrogens with one attached hydrogen (secondary N) is 1. The van der Waals surface area contributed by atoms with Crippen LogP contribution in [-0.4, -0.2) is 57.4 Å². The molecule has 1 aromatic carbocycles. The molecule has 0 atom stereocenters. The number of nitrogen functional groups attached to an aromatic ring is 1. The van der Waals surface area contributed by atoms with E-state index in [1.807, 2.05) is 6.07 Å². The quantitative estimate of drug-likeness (QED) is 0.466. The van der Waals surface area contributed by atoms with E-state index in [2.05, 4.69) is 10.2 Å². The molecule has 1 saturated heterocycles. The van der Waals surface area contributed by atoms with Gasteiger partial charge in [-0.2, -0.15) is 0 Å². The van der Waals surface area contributed by atoms with Crippen LogP contribution in [0.4, 0.5) is 11.4 Å². The molecule has 1 aliphatic rings. The highest BCUT2D eigenvalue weighted by atomic mass is 16.5. The number of morpholine rings is 1. The third kappa shape index (κ3) is 4.61. The van der Waals surface area contributed by atoms with Crippen molar-refractivity contribution in [2.75, 3.05) is 57.6 Å². The van der Waals surface area contributed by atoms with Gasteiger partial charge in [-0.15, -0.1) is 0 Å². The Kier molecular flexibility index (Phi) is 5.83. The lowest BCUT2D eigenvalue weighted by molar-refractivity contribution is 0.0378. The minimum atomic E-state index is -0.377. The van der Waals surface area contributed by atoms with E-state index < -0.39 is 0 Å². The zero-order valence-corrected chi connectivity index (χ0v) is 12.4. The summed E-state index contributed by atoms with van der Waals surface area (Å²) in [7, 11) is 1.37. The summed E-state index contributed by atoms with van der Waals surface area (Å²) in [5.41, 5.74) is 7.51. The Morgan fingerprint density at radius 1 is 1.43 bits per heavy atom. The molecule has 116 valence electrons. The van der Waals surface area contributed by atoms with E-state index in [9.17, 15) is 4.79 Å². The van der Waals surface area contributed by atoms with Crippen LogP contribution < -0.4 is 11.1 Å². The summed E-state index contributed by atoms with van der Waals surface area (Å²) >= 11 is 0. The minimum Gasteiger partial charge on any atom is -0.465 e. The summed E-state index contributed by atoms with van der Waals surface area (Å²) in [6, 6.07) is 5.23. The van der Waals surface area contributed by atoms with Crippen molar-refractivity contribution in [1.29, 1.82) is 0 Å². The molecular formula is C15H23N3O3. The average molecular weight is 293 g/mol. The molecule has 0 spiro atoms. The summed E-state index contributed by atoms with van der Waals surface area (Å²) in [5, 5.41) is 3.28. The number of ether oxygens (including phenoxy) is 2. The van der Waals surface area contributed by atoms with Crippen molar-refractivity contribution in [1.82, 2.24) is 4.90 Å². The zero-order valence-electron chi connectivity index (χ0n) is 12.4. The van der Waals surface area contributed by atoms with Gasteiger partial charge in [0.15, 0.2) is 0 Å². The summed E-state index contributed by atoms with van der Waals surface area (Å²) in [5.74, 6) is -0.377. The van der Waals surface area contributed by atoms with Gasteiger partial charge in [0, 0.05) is 31.0 Å². The Bertz CT molecular complexity index is 473. The molecule has 0 unspecified atom stereocenters. The second-order valence-electron chi connectivity index (χ2n) is 5.03. The van der Waals surface area contributed by atoms with E-state index in [0.29, 0.717) is 11.3 Å². The molecule has 0 amide bonds. The molecule has 6 nitrogen and oxygen atoms in total. The molecule has 0 saturated carbocycles. The number of anilines is 2. The second-order valence-corrected chi connectivity index (χ2v) is 5.03. The van der Waals surface area contributed by atoms with E-state index in [1.54, 1.807) is 12.1 Å². The summed E-state index contributed by atoms with van der Waals surface area (Å²) in [6.07, 6.45) is 1.00. The van der Waals surface area contributed by atoms with Crippen molar-refractivity contribution in [3.8, 4) is 0 Å². The fourth-order valence-electron chi connectivity index (χ4n) is 2.35. The number of hydrogen-bond donors (Lipinski definition) is 2. The highest BCUT2D eigenvalue weighted by molar-refractivity contribution is 5.96. The Labute approximate surface area is 125 Å². The molecule has 1 fully saturated rings. The van der Waals surface area contributed by atoms with Crippen molar-refractivity contribution in [2.45, 2.75) is 6.42 Å². The van der Waals surface area contributed by atoms with Gasteiger partial charge in [0.05, 0.1) is 25.9 Å². The van der Waals surface area contributed by atoms with Crippen LogP contribution in [0, 0.1) is 0 Å². The SMILES string of the molecule is COC(=O)c1cc(N)ccc1NCCCN1CCOCC1. The first-order valence-electron chi connectivity index (χ1n) is 7.22. The standard InChI is InChI=1S/C15H23N3O3/c1-20-15(19)13-11-12(16)3-4-14(13)17-5-2-6-18-7-9-21-10-8-18/h3-4,11,17H,2,5-10,16H2,1H3. The van der Waals surface area contributed by atoms with Gasteiger partial charge >= 0.3 is 5.97 Å². The molecule has 0 radical (unpaired) electrons. The molecule has 1 aromatic rings. The topological polar surface area (TPSA) is 76.8 Å². The van der Waals surface area contributed by atoms with Crippen LogP contribution in [0.15, 0.2) is 18.2 Å². The van der Waals surface area contributed by atoms with Crippen molar-refractivity contribution in [3.63, 3.8) is 0 Å². The van der Waals surface area contributed by atoms with E-state index >= 15 is 0 Å². The van der Waals surface area contributed by atoms with Crippen LogP contribution in [-0.2, 0) is 9.47 Å². The molecule has 2 rings (SSSR count). The first-order chi connectivity index (χ1) is 10.2. The number of nitrogens with two attached hydrogens (primary N) is 1. The molecule has 0 aromatic heterocycles. The number of rotatable bonds is 6. The lowest BCUT2D eigenvalue weighted by atomic mass is 10.1. The van der Waals surface area contributed by atoms with Crippen molar-refractivity contribution in [2.24, 2.45) is 0 Å². The normalized spacial score (nSPS) is 15.7. The minimum absolute atomic E-state index is 0.377. The number of methoxy groups -OCH3 is 1. The second kappa shape index (κ2) is 7.85. The van der Waals surface area contributed by atoms with Gasteiger partial charge in [0.2, 0.25) is 0 Å². The number of carbonyl (C=O) groups is 1. The van der Waals surface area contributed by atoms with Crippen LogP contribution in [0.5, 0.6) is 0 Å². The van der Waals surface area contributed by atoms with Crippen LogP contribution in [0.3, 0.4) is 0 Å². The van der Waals surface area contributed by atoms with Crippen molar-refractivity contribution < 1.29 is 14.3 Å². The predicted octanol–water partition coefficient (Wildman–Crippen LogP) is 1.19. The first kappa shape index (κ1) is 15.6. The van der Waals surface area contributed by atoms with Crippen LogP contribution in [0.2, 0.25) is 0 Å². The predicted molar refractivity (Wildman–Crippen MR) is 82.6 cm³/mol.